The third kappa shape index (κ3) is 2.09. The van der Waals surface area contributed by atoms with Gasteiger partial charge in [-0.15, -0.1) is 0 Å². The van der Waals surface area contributed by atoms with E-state index in [4.69, 9.17) is 10.7 Å². The summed E-state index contributed by atoms with van der Waals surface area (Å²) in [5.74, 6) is 0.0236. The number of aromatic nitrogens is 5. The summed E-state index contributed by atoms with van der Waals surface area (Å²) in [4.78, 5) is 14.3. The van der Waals surface area contributed by atoms with Crippen molar-refractivity contribution in [2.24, 2.45) is 0 Å². The van der Waals surface area contributed by atoms with Gasteiger partial charge in [0.05, 0.1) is 0 Å². The number of hydrogen-bond donors (Lipinski definition) is 2. The van der Waals surface area contributed by atoms with Crippen molar-refractivity contribution in [2.45, 2.75) is 5.16 Å². The van der Waals surface area contributed by atoms with Crippen molar-refractivity contribution in [1.82, 2.24) is 25.4 Å². The summed E-state index contributed by atoms with van der Waals surface area (Å²) in [6, 6.07) is 2.57. The zero-order valence-electron chi connectivity index (χ0n) is 7.51. The first-order valence-corrected chi connectivity index (χ1v) is 6.21. The third-order valence-corrected chi connectivity index (χ3v) is 2.69. The lowest BCUT2D eigenvalue weighted by atomic mass is 10.4. The van der Waals surface area contributed by atoms with Gasteiger partial charge in [-0.05, 0) is 6.07 Å². The summed E-state index contributed by atoms with van der Waals surface area (Å²) >= 11 is 0. The van der Waals surface area contributed by atoms with Crippen molar-refractivity contribution in [3.63, 3.8) is 0 Å². The highest BCUT2D eigenvalue weighted by Crippen LogP contribution is 2.13. The maximum atomic E-state index is 10.9. The molecule has 0 aromatic carbocycles. The SMILES string of the molecule is O=c1ccc(-c2n[nH]c(S(=O)(=O)Cl)n2)n[nH]1. The third-order valence-electron chi connectivity index (χ3n) is 1.60. The fourth-order valence-corrected chi connectivity index (χ4v) is 1.50. The van der Waals surface area contributed by atoms with Gasteiger partial charge >= 0.3 is 0 Å². The summed E-state index contributed by atoms with van der Waals surface area (Å²) in [6.07, 6.45) is 0. The van der Waals surface area contributed by atoms with Crippen LogP contribution in [0, 0.1) is 0 Å². The maximum Gasteiger partial charge on any atom is 0.296 e. The molecule has 0 radical (unpaired) electrons. The predicted molar refractivity (Wildman–Crippen MR) is 53.3 cm³/mol. The fourth-order valence-electron chi connectivity index (χ4n) is 0.940. The Morgan fingerprint density at radius 1 is 1.19 bits per heavy atom. The molecule has 0 aliphatic carbocycles. The highest BCUT2D eigenvalue weighted by Gasteiger charge is 2.17. The van der Waals surface area contributed by atoms with Crippen LogP contribution in [0.4, 0.5) is 0 Å². The van der Waals surface area contributed by atoms with Gasteiger partial charge in [-0.2, -0.15) is 15.2 Å². The molecule has 2 heterocycles. The molecular formula is C6H4ClN5O3S. The minimum atomic E-state index is -3.95. The molecule has 8 nitrogen and oxygen atoms in total. The summed E-state index contributed by atoms with van der Waals surface area (Å²) in [5, 5.41) is 11.1. The van der Waals surface area contributed by atoms with Crippen LogP contribution in [0.3, 0.4) is 0 Å². The topological polar surface area (TPSA) is 121 Å². The van der Waals surface area contributed by atoms with E-state index >= 15 is 0 Å². The molecule has 2 N–H and O–H groups in total. The maximum absolute atomic E-state index is 10.9. The summed E-state index contributed by atoms with van der Waals surface area (Å²) < 4.78 is 21.8. The van der Waals surface area contributed by atoms with E-state index in [0.29, 0.717) is 0 Å². The van der Waals surface area contributed by atoms with Crippen LogP contribution in [-0.4, -0.2) is 33.8 Å². The molecule has 0 unspecified atom stereocenters. The average Bonchev–Trinajstić information content (AvgIpc) is 2.67. The van der Waals surface area contributed by atoms with Crippen molar-refractivity contribution < 1.29 is 8.42 Å². The number of nitrogens with zero attached hydrogens (tertiary/aromatic N) is 3. The van der Waals surface area contributed by atoms with E-state index in [1.165, 1.54) is 12.1 Å². The Balaban J connectivity index is 2.47. The summed E-state index contributed by atoms with van der Waals surface area (Å²) in [6.45, 7) is 0. The highest BCUT2D eigenvalue weighted by atomic mass is 35.7. The van der Waals surface area contributed by atoms with E-state index < -0.39 is 14.2 Å². The molecule has 0 fully saturated rings. The molecule has 0 atom stereocenters. The molecule has 0 aliphatic rings. The van der Waals surface area contributed by atoms with Crippen LogP contribution in [0.2, 0.25) is 0 Å². The zero-order valence-corrected chi connectivity index (χ0v) is 9.08. The van der Waals surface area contributed by atoms with Crippen LogP contribution in [0.15, 0.2) is 22.1 Å². The molecule has 0 spiro atoms. The van der Waals surface area contributed by atoms with E-state index in [9.17, 15) is 13.2 Å². The van der Waals surface area contributed by atoms with Gasteiger partial charge in [-0.1, -0.05) is 0 Å². The minimum absolute atomic E-state index is 0.0236. The van der Waals surface area contributed by atoms with Crippen molar-refractivity contribution >= 4 is 19.7 Å². The summed E-state index contributed by atoms with van der Waals surface area (Å²) in [7, 11) is 1.09. The first-order valence-electron chi connectivity index (χ1n) is 3.90. The van der Waals surface area contributed by atoms with Crippen LogP contribution in [0.25, 0.3) is 11.5 Å². The van der Waals surface area contributed by atoms with Crippen LogP contribution in [-0.2, 0) is 9.05 Å². The Morgan fingerprint density at radius 2 is 1.94 bits per heavy atom. The highest BCUT2D eigenvalue weighted by molar-refractivity contribution is 8.13. The van der Waals surface area contributed by atoms with Gasteiger partial charge in [0.1, 0.15) is 5.69 Å². The van der Waals surface area contributed by atoms with E-state index in [-0.39, 0.29) is 17.1 Å². The lowest BCUT2D eigenvalue weighted by Gasteiger charge is -1.90. The lowest BCUT2D eigenvalue weighted by Crippen LogP contribution is -2.05. The number of rotatable bonds is 2. The number of halogens is 1. The Hall–Kier alpha value is -1.74. The van der Waals surface area contributed by atoms with Crippen molar-refractivity contribution in [2.75, 3.05) is 0 Å². The lowest BCUT2D eigenvalue weighted by molar-refractivity contribution is 0.602. The van der Waals surface area contributed by atoms with E-state index in [1.807, 2.05) is 0 Å². The molecule has 2 rings (SSSR count). The van der Waals surface area contributed by atoms with E-state index in [1.54, 1.807) is 0 Å². The standard InChI is InChI=1S/C6H4ClN5O3S/c7-16(14,15)6-8-5(11-12-6)3-1-2-4(13)10-9-3/h1-2H,(H,10,13)(H,8,11,12). The van der Waals surface area contributed by atoms with Gasteiger partial charge in [0.2, 0.25) is 5.82 Å². The smallest absolute Gasteiger partial charge is 0.268 e. The molecule has 16 heavy (non-hydrogen) atoms. The second-order valence-corrected chi connectivity index (χ2v) is 5.19. The number of aromatic amines is 2. The normalized spacial score (nSPS) is 11.6. The zero-order chi connectivity index (χ0) is 11.8. The largest absolute Gasteiger partial charge is 0.296 e. The van der Waals surface area contributed by atoms with Crippen molar-refractivity contribution in [3.8, 4) is 11.5 Å². The fraction of sp³-hybridized carbons (Fsp3) is 0. The minimum Gasteiger partial charge on any atom is -0.268 e. The Labute approximate surface area is 93.1 Å². The quantitative estimate of drug-likeness (QED) is 0.702. The van der Waals surface area contributed by atoms with E-state index in [0.717, 1.165) is 0 Å². The van der Waals surface area contributed by atoms with Crippen molar-refractivity contribution in [1.29, 1.82) is 0 Å². The molecule has 0 aliphatic heterocycles. The van der Waals surface area contributed by atoms with Gasteiger partial charge in [-0.25, -0.2) is 18.6 Å². The second kappa shape index (κ2) is 3.68. The van der Waals surface area contributed by atoms with Gasteiger partial charge in [-0.3, -0.25) is 4.79 Å². The van der Waals surface area contributed by atoms with Crippen molar-refractivity contribution in [3.05, 3.63) is 22.5 Å². The van der Waals surface area contributed by atoms with Gasteiger partial charge in [0.15, 0.2) is 0 Å². The molecule has 0 bridgehead atoms. The molecular weight excluding hydrogens is 258 g/mol. The second-order valence-electron chi connectivity index (χ2n) is 2.71. The first kappa shape index (κ1) is 10.8. The molecule has 0 amide bonds. The molecule has 0 saturated carbocycles. The van der Waals surface area contributed by atoms with Crippen LogP contribution in [0.5, 0.6) is 0 Å². The van der Waals surface area contributed by atoms with Gasteiger partial charge in [0, 0.05) is 16.7 Å². The Kier molecular flexibility index (Phi) is 2.48. The van der Waals surface area contributed by atoms with Gasteiger partial charge in [0.25, 0.3) is 19.8 Å². The molecule has 2 aromatic rings. The predicted octanol–water partition coefficient (Wildman–Crippen LogP) is -0.518. The van der Waals surface area contributed by atoms with Crippen LogP contribution < -0.4 is 5.56 Å². The van der Waals surface area contributed by atoms with Crippen LogP contribution >= 0.6 is 10.7 Å². The van der Waals surface area contributed by atoms with E-state index in [2.05, 4.69) is 25.4 Å². The Bertz CT molecular complexity index is 655. The molecule has 2 aromatic heterocycles. The molecule has 10 heteroatoms. The monoisotopic (exact) mass is 261 g/mol. The van der Waals surface area contributed by atoms with Gasteiger partial charge < -0.3 is 0 Å². The summed E-state index contributed by atoms with van der Waals surface area (Å²) in [5.41, 5.74) is -0.160. The Morgan fingerprint density at radius 3 is 2.44 bits per heavy atom. The number of H-pyrrole nitrogens is 2. The van der Waals surface area contributed by atoms with Crippen LogP contribution in [0.1, 0.15) is 0 Å². The first-order chi connectivity index (χ1) is 7.47. The number of hydrogen-bond acceptors (Lipinski definition) is 6. The number of nitrogens with one attached hydrogen (secondary N) is 2. The molecule has 84 valence electrons. The molecule has 0 saturated heterocycles. The average molecular weight is 262 g/mol.